The zero-order valence-corrected chi connectivity index (χ0v) is 9.00. The second kappa shape index (κ2) is 4.94. The van der Waals surface area contributed by atoms with Gasteiger partial charge in [-0.05, 0) is 18.2 Å². The lowest BCUT2D eigenvalue weighted by molar-refractivity contribution is -0.114. The number of nitriles is 1. The van der Waals surface area contributed by atoms with Crippen LogP contribution in [0.4, 0.5) is 5.69 Å². The molecule has 0 aliphatic carbocycles. The predicted molar refractivity (Wildman–Crippen MR) is 58.9 cm³/mol. The fraction of sp³-hybridized carbons (Fsp3) is 0.182. The van der Waals surface area contributed by atoms with Crippen molar-refractivity contribution in [1.82, 2.24) is 5.32 Å². The van der Waals surface area contributed by atoms with Gasteiger partial charge in [0.15, 0.2) is 0 Å². The highest BCUT2D eigenvalue weighted by atomic mass is 16.2. The minimum absolute atomic E-state index is 0.229. The number of nitrogens with zero attached hydrogens (tertiary/aromatic N) is 1. The summed E-state index contributed by atoms with van der Waals surface area (Å²) < 4.78 is 0. The van der Waals surface area contributed by atoms with Crippen molar-refractivity contribution >= 4 is 17.5 Å². The summed E-state index contributed by atoms with van der Waals surface area (Å²) in [6.07, 6.45) is 0. The minimum atomic E-state index is -0.358. The number of hydrogen-bond acceptors (Lipinski definition) is 3. The molecule has 0 unspecified atom stereocenters. The van der Waals surface area contributed by atoms with Gasteiger partial charge in [-0.15, -0.1) is 0 Å². The molecule has 0 saturated carbocycles. The molecule has 0 heterocycles. The van der Waals surface area contributed by atoms with E-state index in [-0.39, 0.29) is 22.9 Å². The molecule has 5 heteroatoms. The Morgan fingerprint density at radius 1 is 1.38 bits per heavy atom. The molecule has 2 N–H and O–H groups in total. The smallest absolute Gasteiger partial charge is 0.252 e. The fourth-order valence-electron chi connectivity index (χ4n) is 1.25. The summed E-state index contributed by atoms with van der Waals surface area (Å²) in [5, 5.41) is 13.8. The normalized spacial score (nSPS) is 9.06. The quantitative estimate of drug-likeness (QED) is 0.771. The van der Waals surface area contributed by atoms with Crippen molar-refractivity contribution in [3.05, 3.63) is 29.3 Å². The van der Waals surface area contributed by atoms with Crippen LogP contribution in [-0.2, 0) is 4.79 Å². The zero-order valence-electron chi connectivity index (χ0n) is 9.00. The third kappa shape index (κ3) is 2.58. The summed E-state index contributed by atoms with van der Waals surface area (Å²) >= 11 is 0. The molecule has 16 heavy (non-hydrogen) atoms. The lowest BCUT2D eigenvalue weighted by Gasteiger charge is -2.06. The van der Waals surface area contributed by atoms with E-state index in [2.05, 4.69) is 10.6 Å². The van der Waals surface area contributed by atoms with Crippen LogP contribution in [-0.4, -0.2) is 18.9 Å². The van der Waals surface area contributed by atoms with Crippen molar-refractivity contribution in [2.75, 3.05) is 12.4 Å². The number of amides is 2. The summed E-state index contributed by atoms with van der Waals surface area (Å²) in [4.78, 5) is 22.3. The van der Waals surface area contributed by atoms with E-state index in [0.717, 1.165) is 0 Å². The topological polar surface area (TPSA) is 82.0 Å². The van der Waals surface area contributed by atoms with Crippen LogP contribution in [0.15, 0.2) is 18.2 Å². The molecule has 0 aliphatic heterocycles. The number of carbonyl (C=O) groups excluding carboxylic acids is 2. The molecule has 0 aliphatic rings. The minimum Gasteiger partial charge on any atom is -0.355 e. The van der Waals surface area contributed by atoms with Crippen LogP contribution in [0.3, 0.4) is 0 Å². The third-order valence-corrected chi connectivity index (χ3v) is 1.93. The summed E-state index contributed by atoms with van der Waals surface area (Å²) in [6, 6.07) is 6.46. The van der Waals surface area contributed by atoms with E-state index in [4.69, 9.17) is 5.26 Å². The largest absolute Gasteiger partial charge is 0.355 e. The van der Waals surface area contributed by atoms with Gasteiger partial charge in [0.1, 0.15) is 0 Å². The van der Waals surface area contributed by atoms with Gasteiger partial charge in [-0.2, -0.15) is 5.26 Å². The monoisotopic (exact) mass is 217 g/mol. The van der Waals surface area contributed by atoms with Crippen LogP contribution in [0.1, 0.15) is 22.8 Å². The molecule has 0 atom stereocenters. The number of carbonyl (C=O) groups is 2. The first-order chi connectivity index (χ1) is 7.58. The van der Waals surface area contributed by atoms with Crippen molar-refractivity contribution in [1.29, 1.82) is 5.26 Å². The highest BCUT2D eigenvalue weighted by Crippen LogP contribution is 2.15. The highest BCUT2D eigenvalue weighted by Gasteiger charge is 2.10. The second-order valence-corrected chi connectivity index (χ2v) is 3.13. The lowest BCUT2D eigenvalue weighted by atomic mass is 10.1. The first kappa shape index (κ1) is 11.7. The van der Waals surface area contributed by atoms with E-state index in [0.29, 0.717) is 5.69 Å². The van der Waals surface area contributed by atoms with Crippen molar-refractivity contribution < 1.29 is 9.59 Å². The van der Waals surface area contributed by atoms with Gasteiger partial charge in [-0.25, -0.2) is 0 Å². The SMILES string of the molecule is CNC(=O)c1cc(NC(C)=O)ccc1C#N. The van der Waals surface area contributed by atoms with Crippen molar-refractivity contribution in [3.63, 3.8) is 0 Å². The molecule has 0 radical (unpaired) electrons. The van der Waals surface area contributed by atoms with Crippen LogP contribution in [0.5, 0.6) is 0 Å². The molecule has 5 nitrogen and oxygen atoms in total. The van der Waals surface area contributed by atoms with E-state index >= 15 is 0 Å². The average molecular weight is 217 g/mol. The predicted octanol–water partition coefficient (Wildman–Crippen LogP) is 0.876. The van der Waals surface area contributed by atoms with Crippen molar-refractivity contribution in [2.45, 2.75) is 6.92 Å². The van der Waals surface area contributed by atoms with Gasteiger partial charge in [0.05, 0.1) is 17.2 Å². The second-order valence-electron chi connectivity index (χ2n) is 3.13. The van der Waals surface area contributed by atoms with E-state index in [1.54, 1.807) is 6.07 Å². The van der Waals surface area contributed by atoms with Gasteiger partial charge in [0.2, 0.25) is 5.91 Å². The Morgan fingerprint density at radius 2 is 2.06 bits per heavy atom. The molecule has 0 fully saturated rings. The fourth-order valence-corrected chi connectivity index (χ4v) is 1.25. The summed E-state index contributed by atoms with van der Waals surface area (Å²) in [5.74, 6) is -0.587. The van der Waals surface area contributed by atoms with E-state index < -0.39 is 0 Å². The Labute approximate surface area is 93.1 Å². The van der Waals surface area contributed by atoms with Gasteiger partial charge >= 0.3 is 0 Å². The summed E-state index contributed by atoms with van der Waals surface area (Å²) in [7, 11) is 1.48. The van der Waals surface area contributed by atoms with Gasteiger partial charge in [0, 0.05) is 19.7 Å². The maximum atomic E-state index is 11.5. The van der Waals surface area contributed by atoms with Crippen LogP contribution in [0, 0.1) is 11.3 Å². The Kier molecular flexibility index (Phi) is 3.62. The standard InChI is InChI=1S/C11H11N3O2/c1-7(15)14-9-4-3-8(6-12)10(5-9)11(16)13-2/h3-5H,1-2H3,(H,13,16)(H,14,15). The molecule has 1 rings (SSSR count). The molecule has 0 aromatic heterocycles. The first-order valence-corrected chi connectivity index (χ1v) is 4.62. The lowest BCUT2D eigenvalue weighted by Crippen LogP contribution is -2.19. The molecular weight excluding hydrogens is 206 g/mol. The Bertz CT molecular complexity index is 475. The number of nitrogens with one attached hydrogen (secondary N) is 2. The molecule has 0 saturated heterocycles. The number of benzene rings is 1. The Morgan fingerprint density at radius 3 is 2.56 bits per heavy atom. The third-order valence-electron chi connectivity index (χ3n) is 1.93. The molecule has 1 aromatic carbocycles. The molecule has 0 spiro atoms. The zero-order chi connectivity index (χ0) is 12.1. The average Bonchev–Trinajstić information content (AvgIpc) is 2.27. The highest BCUT2D eigenvalue weighted by molar-refractivity contribution is 5.98. The molecule has 1 aromatic rings. The van der Waals surface area contributed by atoms with Crippen LogP contribution >= 0.6 is 0 Å². The van der Waals surface area contributed by atoms with Crippen LogP contribution in [0.2, 0.25) is 0 Å². The Balaban J connectivity index is 3.17. The summed E-state index contributed by atoms with van der Waals surface area (Å²) in [6.45, 7) is 1.37. The van der Waals surface area contributed by atoms with Crippen LogP contribution in [0.25, 0.3) is 0 Å². The van der Waals surface area contributed by atoms with E-state index in [9.17, 15) is 9.59 Å². The maximum absolute atomic E-state index is 11.5. The number of rotatable bonds is 2. The van der Waals surface area contributed by atoms with Gasteiger partial charge < -0.3 is 10.6 Å². The molecule has 2 amide bonds. The van der Waals surface area contributed by atoms with E-state index in [1.807, 2.05) is 6.07 Å². The van der Waals surface area contributed by atoms with Crippen molar-refractivity contribution in [2.24, 2.45) is 0 Å². The number of hydrogen-bond donors (Lipinski definition) is 2. The van der Waals surface area contributed by atoms with Crippen molar-refractivity contribution in [3.8, 4) is 6.07 Å². The Hall–Kier alpha value is -2.35. The van der Waals surface area contributed by atoms with Crippen LogP contribution < -0.4 is 10.6 Å². The summed E-state index contributed by atoms with van der Waals surface area (Å²) in [5.41, 5.74) is 1.01. The van der Waals surface area contributed by atoms with E-state index in [1.165, 1.54) is 26.1 Å². The maximum Gasteiger partial charge on any atom is 0.252 e. The molecular formula is C11H11N3O2. The first-order valence-electron chi connectivity index (χ1n) is 4.62. The van der Waals surface area contributed by atoms with Gasteiger partial charge in [-0.3, -0.25) is 9.59 Å². The van der Waals surface area contributed by atoms with Gasteiger partial charge in [0.25, 0.3) is 5.91 Å². The molecule has 82 valence electrons. The number of anilines is 1. The molecule has 0 bridgehead atoms. The van der Waals surface area contributed by atoms with Gasteiger partial charge in [-0.1, -0.05) is 0 Å².